The van der Waals surface area contributed by atoms with E-state index in [0.29, 0.717) is 40.0 Å². The molecule has 36 heavy (non-hydrogen) atoms. The summed E-state index contributed by atoms with van der Waals surface area (Å²) in [4.78, 5) is 50.1. The number of rotatable bonds is 10. The number of phosphoric ester groups is 1. The van der Waals surface area contributed by atoms with Gasteiger partial charge < -0.3 is 20.4 Å². The van der Waals surface area contributed by atoms with Crippen LogP contribution in [0, 0.1) is 13.8 Å². The Kier molecular flexibility index (Phi) is 7.41. The van der Waals surface area contributed by atoms with E-state index in [2.05, 4.69) is 20.7 Å². The molecule has 4 rings (SSSR count). The van der Waals surface area contributed by atoms with E-state index in [4.69, 9.17) is 4.52 Å². The van der Waals surface area contributed by atoms with E-state index in [-0.39, 0.29) is 23.7 Å². The minimum atomic E-state index is -4.85. The lowest BCUT2D eigenvalue weighted by Crippen LogP contribution is -2.27. The SMILES string of the molecule is CCCNC(=O)c1cn2ncnc(N(COP(=O)(O)O)c3cc(C(=O)NC4CC4)ccc3C)c2c1C. The highest BCUT2D eigenvalue weighted by Gasteiger charge is 2.27. The molecule has 2 amide bonds. The standard InChI is InChI=1S/C23H29N6O6P/c1-4-9-24-23(31)18-11-29-20(15(18)3)21(25-12-26-29)28(13-35-36(32,33)34)19-10-16(6-5-14(19)2)22(30)27-17-7-8-17/h5-6,10-12,17H,4,7-9,13H2,1-3H3,(H,24,31)(H,27,30)(H2,32,33,34). The quantitative estimate of drug-likeness (QED) is 0.235. The average molecular weight is 516 g/mol. The summed E-state index contributed by atoms with van der Waals surface area (Å²) in [5, 5.41) is 9.99. The molecule has 0 bridgehead atoms. The molecule has 0 aliphatic heterocycles. The number of anilines is 2. The maximum atomic E-state index is 12.7. The van der Waals surface area contributed by atoms with E-state index in [0.717, 1.165) is 19.3 Å². The van der Waals surface area contributed by atoms with Crippen molar-refractivity contribution >= 4 is 36.7 Å². The van der Waals surface area contributed by atoms with Crippen LogP contribution in [-0.4, -0.2) is 55.5 Å². The molecule has 1 fully saturated rings. The number of nitrogens with zero attached hydrogens (tertiary/aromatic N) is 4. The molecule has 0 saturated heterocycles. The van der Waals surface area contributed by atoms with E-state index in [1.807, 2.05) is 6.92 Å². The van der Waals surface area contributed by atoms with Crippen LogP contribution in [0.25, 0.3) is 5.52 Å². The topological polar surface area (TPSA) is 158 Å². The molecule has 1 aromatic carbocycles. The molecule has 2 heterocycles. The number of hydrogen-bond donors (Lipinski definition) is 4. The zero-order chi connectivity index (χ0) is 26.0. The Labute approximate surface area is 207 Å². The molecular weight excluding hydrogens is 487 g/mol. The number of fused-ring (bicyclic) bond motifs is 1. The summed E-state index contributed by atoms with van der Waals surface area (Å²) in [5.41, 5.74) is 3.01. The molecule has 1 saturated carbocycles. The Hall–Kier alpha value is -3.31. The maximum absolute atomic E-state index is 12.7. The van der Waals surface area contributed by atoms with Crippen LogP contribution in [0.15, 0.2) is 30.7 Å². The molecule has 1 aliphatic rings. The third-order valence-electron chi connectivity index (χ3n) is 5.87. The van der Waals surface area contributed by atoms with E-state index in [1.54, 1.807) is 38.2 Å². The fourth-order valence-electron chi connectivity index (χ4n) is 3.82. The number of carbonyl (C=O) groups excluding carboxylic acids is 2. The van der Waals surface area contributed by atoms with Crippen molar-refractivity contribution in [3.05, 3.63) is 53.0 Å². The lowest BCUT2D eigenvalue weighted by molar-refractivity contribution is 0.0943. The van der Waals surface area contributed by atoms with Crippen LogP contribution in [0.2, 0.25) is 0 Å². The highest BCUT2D eigenvalue weighted by atomic mass is 31.2. The molecule has 0 spiro atoms. The first kappa shape index (κ1) is 25.8. The van der Waals surface area contributed by atoms with Gasteiger partial charge in [0.25, 0.3) is 11.8 Å². The second kappa shape index (κ2) is 10.4. The molecule has 2 aromatic heterocycles. The Balaban J connectivity index is 1.82. The minimum absolute atomic E-state index is 0.165. The van der Waals surface area contributed by atoms with Crippen molar-refractivity contribution in [3.8, 4) is 0 Å². The molecule has 13 heteroatoms. The summed E-state index contributed by atoms with van der Waals surface area (Å²) in [6, 6.07) is 5.22. The monoisotopic (exact) mass is 516 g/mol. The highest BCUT2D eigenvalue weighted by Crippen LogP contribution is 2.39. The van der Waals surface area contributed by atoms with Crippen LogP contribution in [0.4, 0.5) is 11.5 Å². The smallest absolute Gasteiger partial charge is 0.352 e. The van der Waals surface area contributed by atoms with Crippen LogP contribution >= 0.6 is 7.82 Å². The predicted octanol–water partition coefficient (Wildman–Crippen LogP) is 2.58. The summed E-state index contributed by atoms with van der Waals surface area (Å²) in [5.74, 6) is -0.247. The molecule has 3 aromatic rings. The number of amides is 2. The van der Waals surface area contributed by atoms with Crippen molar-refractivity contribution in [1.29, 1.82) is 0 Å². The van der Waals surface area contributed by atoms with E-state index in [9.17, 15) is 23.9 Å². The van der Waals surface area contributed by atoms with Gasteiger partial charge in [-0.2, -0.15) is 5.10 Å². The van der Waals surface area contributed by atoms with Crippen molar-refractivity contribution in [2.45, 2.75) is 46.1 Å². The van der Waals surface area contributed by atoms with Gasteiger partial charge in [-0.25, -0.2) is 14.1 Å². The van der Waals surface area contributed by atoms with Gasteiger partial charge in [0, 0.05) is 30.0 Å². The maximum Gasteiger partial charge on any atom is 0.471 e. The van der Waals surface area contributed by atoms with Gasteiger partial charge in [0.2, 0.25) is 0 Å². The Morgan fingerprint density at radius 2 is 2.00 bits per heavy atom. The first-order valence-corrected chi connectivity index (χ1v) is 13.1. The van der Waals surface area contributed by atoms with Crippen LogP contribution in [0.5, 0.6) is 0 Å². The fourth-order valence-corrected chi connectivity index (χ4v) is 4.08. The third-order valence-corrected chi connectivity index (χ3v) is 6.32. The summed E-state index contributed by atoms with van der Waals surface area (Å²) in [6.07, 6.45) is 5.51. The number of phosphoric acid groups is 1. The zero-order valence-corrected chi connectivity index (χ0v) is 21.2. The number of nitrogens with one attached hydrogen (secondary N) is 2. The highest BCUT2D eigenvalue weighted by molar-refractivity contribution is 7.46. The molecule has 4 N–H and O–H groups in total. The molecule has 12 nitrogen and oxygen atoms in total. The summed E-state index contributed by atoms with van der Waals surface area (Å²) in [7, 11) is -4.85. The van der Waals surface area contributed by atoms with Crippen LogP contribution < -0.4 is 15.5 Å². The predicted molar refractivity (Wildman–Crippen MR) is 132 cm³/mol. The first-order valence-electron chi connectivity index (χ1n) is 11.6. The third kappa shape index (κ3) is 5.73. The second-order valence-electron chi connectivity index (χ2n) is 8.73. The Morgan fingerprint density at radius 1 is 1.25 bits per heavy atom. The Morgan fingerprint density at radius 3 is 2.67 bits per heavy atom. The lowest BCUT2D eigenvalue weighted by Gasteiger charge is -2.26. The van der Waals surface area contributed by atoms with Gasteiger partial charge in [-0.05, 0) is 56.4 Å². The minimum Gasteiger partial charge on any atom is -0.352 e. The van der Waals surface area contributed by atoms with Crippen molar-refractivity contribution in [2.24, 2.45) is 0 Å². The van der Waals surface area contributed by atoms with Crippen molar-refractivity contribution in [3.63, 3.8) is 0 Å². The largest absolute Gasteiger partial charge is 0.471 e. The van der Waals surface area contributed by atoms with E-state index in [1.165, 1.54) is 15.7 Å². The van der Waals surface area contributed by atoms with Gasteiger partial charge in [0.1, 0.15) is 18.6 Å². The number of aromatic nitrogens is 3. The van der Waals surface area contributed by atoms with Crippen LogP contribution in [0.3, 0.4) is 0 Å². The number of carbonyl (C=O) groups is 2. The normalized spacial score (nSPS) is 13.6. The van der Waals surface area contributed by atoms with Gasteiger partial charge in [0.15, 0.2) is 5.82 Å². The van der Waals surface area contributed by atoms with Crippen molar-refractivity contribution in [2.75, 3.05) is 18.2 Å². The molecule has 0 atom stereocenters. The van der Waals surface area contributed by atoms with Gasteiger partial charge in [0.05, 0.1) is 5.56 Å². The molecule has 0 radical (unpaired) electrons. The molecule has 0 unspecified atom stereocenters. The number of hydrogen-bond acceptors (Lipinski definition) is 7. The van der Waals surface area contributed by atoms with E-state index < -0.39 is 14.6 Å². The van der Waals surface area contributed by atoms with E-state index >= 15 is 0 Å². The summed E-state index contributed by atoms with van der Waals surface area (Å²) in [6.45, 7) is 5.45. The van der Waals surface area contributed by atoms with Crippen LogP contribution in [-0.2, 0) is 9.09 Å². The number of benzene rings is 1. The fraction of sp³-hybridized carbons (Fsp3) is 0.391. The van der Waals surface area contributed by atoms with Gasteiger partial charge in [-0.15, -0.1) is 0 Å². The summed E-state index contributed by atoms with van der Waals surface area (Å²) < 4.78 is 18.0. The first-order chi connectivity index (χ1) is 17.1. The summed E-state index contributed by atoms with van der Waals surface area (Å²) >= 11 is 0. The zero-order valence-electron chi connectivity index (χ0n) is 20.3. The second-order valence-corrected chi connectivity index (χ2v) is 9.97. The van der Waals surface area contributed by atoms with Crippen LogP contribution in [0.1, 0.15) is 58.0 Å². The van der Waals surface area contributed by atoms with Gasteiger partial charge in [-0.3, -0.25) is 19.0 Å². The lowest BCUT2D eigenvalue weighted by atomic mass is 10.1. The number of aryl methyl sites for hydroxylation is 2. The molecule has 192 valence electrons. The van der Waals surface area contributed by atoms with Crippen molar-refractivity contribution < 1.29 is 28.5 Å². The molecular formula is C23H29N6O6P. The Bertz CT molecular complexity index is 1350. The van der Waals surface area contributed by atoms with Gasteiger partial charge >= 0.3 is 7.82 Å². The molecule has 1 aliphatic carbocycles. The van der Waals surface area contributed by atoms with Crippen molar-refractivity contribution in [1.82, 2.24) is 25.2 Å². The van der Waals surface area contributed by atoms with Gasteiger partial charge in [-0.1, -0.05) is 13.0 Å². The average Bonchev–Trinajstić information content (AvgIpc) is 3.58.